The van der Waals surface area contributed by atoms with E-state index in [0.717, 1.165) is 56.4 Å². The van der Waals surface area contributed by atoms with E-state index in [2.05, 4.69) is 35.6 Å². The fourth-order valence-electron chi connectivity index (χ4n) is 3.24. The number of oxazole rings is 1. The van der Waals surface area contributed by atoms with Gasteiger partial charge in [0.2, 0.25) is 5.89 Å². The van der Waals surface area contributed by atoms with Gasteiger partial charge in [0.25, 0.3) is 5.56 Å². The van der Waals surface area contributed by atoms with Gasteiger partial charge in [0, 0.05) is 18.0 Å². The van der Waals surface area contributed by atoms with E-state index < -0.39 is 0 Å². The Hall–Kier alpha value is -1.95. The van der Waals surface area contributed by atoms with Crippen LogP contribution in [0.1, 0.15) is 51.0 Å². The Kier molecular flexibility index (Phi) is 5.08. The molecule has 0 amide bonds. The van der Waals surface area contributed by atoms with Crippen LogP contribution in [0, 0.1) is 12.8 Å². The first-order valence-electron chi connectivity index (χ1n) is 9.02. The highest BCUT2D eigenvalue weighted by atomic mass is 16.4. The maximum atomic E-state index is 12.4. The topological polar surface area (TPSA) is 64.2 Å². The molecule has 1 aliphatic rings. The maximum absolute atomic E-state index is 12.4. The van der Waals surface area contributed by atoms with Crippen molar-refractivity contribution in [3.8, 4) is 0 Å². The Labute approximate surface area is 148 Å². The molecule has 0 unspecified atom stereocenters. The monoisotopic (exact) mass is 344 g/mol. The average Bonchev–Trinajstić information content (AvgIpc) is 2.95. The van der Waals surface area contributed by atoms with Crippen molar-refractivity contribution >= 4 is 0 Å². The molecule has 1 aliphatic heterocycles. The second-order valence-corrected chi connectivity index (χ2v) is 8.10. The van der Waals surface area contributed by atoms with Gasteiger partial charge in [-0.3, -0.25) is 14.3 Å². The van der Waals surface area contributed by atoms with Gasteiger partial charge >= 0.3 is 0 Å². The summed E-state index contributed by atoms with van der Waals surface area (Å²) in [6.45, 7) is 11.7. The number of nitrogens with zero attached hydrogens (tertiary/aromatic N) is 4. The number of likely N-dealkylation sites (tertiary alicyclic amines) is 1. The van der Waals surface area contributed by atoms with E-state index in [0.29, 0.717) is 5.92 Å². The molecule has 0 bridgehead atoms. The third kappa shape index (κ3) is 4.57. The minimum absolute atomic E-state index is 0.0533. The van der Waals surface area contributed by atoms with Crippen LogP contribution in [0.3, 0.4) is 0 Å². The van der Waals surface area contributed by atoms with Crippen molar-refractivity contribution in [3.63, 3.8) is 0 Å². The minimum atomic E-state index is -0.0954. The molecule has 1 fully saturated rings. The summed E-state index contributed by atoms with van der Waals surface area (Å²) >= 11 is 0. The summed E-state index contributed by atoms with van der Waals surface area (Å²) in [5.74, 6) is 2.16. The molecule has 25 heavy (non-hydrogen) atoms. The van der Waals surface area contributed by atoms with Crippen molar-refractivity contribution in [2.75, 3.05) is 13.1 Å². The van der Waals surface area contributed by atoms with Crippen molar-refractivity contribution in [2.45, 2.75) is 59.0 Å². The fourth-order valence-corrected chi connectivity index (χ4v) is 3.24. The van der Waals surface area contributed by atoms with Crippen molar-refractivity contribution in [2.24, 2.45) is 5.92 Å². The average molecular weight is 344 g/mol. The quantitative estimate of drug-likeness (QED) is 0.853. The van der Waals surface area contributed by atoms with Gasteiger partial charge in [-0.15, -0.1) is 0 Å². The largest absolute Gasteiger partial charge is 0.445 e. The Morgan fingerprint density at radius 1 is 1.24 bits per heavy atom. The van der Waals surface area contributed by atoms with Gasteiger partial charge in [-0.1, -0.05) is 20.8 Å². The highest BCUT2D eigenvalue weighted by Crippen LogP contribution is 2.21. The highest BCUT2D eigenvalue weighted by molar-refractivity contribution is 5.10. The first-order valence-corrected chi connectivity index (χ1v) is 9.02. The van der Waals surface area contributed by atoms with Crippen LogP contribution < -0.4 is 5.56 Å². The highest BCUT2D eigenvalue weighted by Gasteiger charge is 2.22. The first kappa shape index (κ1) is 17.9. The number of hydrogen-bond acceptors (Lipinski definition) is 5. The third-order valence-corrected chi connectivity index (χ3v) is 4.84. The third-order valence-electron chi connectivity index (χ3n) is 4.84. The lowest BCUT2D eigenvalue weighted by molar-refractivity contribution is 0.154. The van der Waals surface area contributed by atoms with E-state index in [-0.39, 0.29) is 11.0 Å². The molecule has 0 spiro atoms. The van der Waals surface area contributed by atoms with E-state index in [1.54, 1.807) is 23.2 Å². The lowest BCUT2D eigenvalue weighted by Gasteiger charge is -2.31. The standard InChI is InChI=1S/C19H28N4O2/c1-14-10-20-17(25-14)12-22-7-5-15(6-8-22)11-23-13-21-16(9-18(23)24)19(2,3)4/h9-10,13,15H,5-8,11-12H2,1-4H3. The predicted octanol–water partition coefficient (Wildman–Crippen LogP) is 2.75. The molecule has 0 radical (unpaired) electrons. The minimum Gasteiger partial charge on any atom is -0.445 e. The Morgan fingerprint density at radius 3 is 2.52 bits per heavy atom. The molecule has 0 atom stereocenters. The SMILES string of the molecule is Cc1cnc(CN2CCC(Cn3cnc(C(C)(C)C)cc3=O)CC2)o1. The summed E-state index contributed by atoms with van der Waals surface area (Å²) < 4.78 is 7.31. The number of hydrogen-bond donors (Lipinski definition) is 0. The van der Waals surface area contributed by atoms with E-state index >= 15 is 0 Å². The van der Waals surface area contributed by atoms with Gasteiger partial charge in [0.1, 0.15) is 5.76 Å². The smallest absolute Gasteiger partial charge is 0.253 e. The second-order valence-electron chi connectivity index (χ2n) is 8.10. The summed E-state index contributed by atoms with van der Waals surface area (Å²) in [6, 6.07) is 1.68. The molecule has 0 aliphatic carbocycles. The Morgan fingerprint density at radius 2 is 1.96 bits per heavy atom. The molecule has 0 aromatic carbocycles. The van der Waals surface area contributed by atoms with Crippen LogP contribution in [0.5, 0.6) is 0 Å². The van der Waals surface area contributed by atoms with Crippen molar-refractivity contribution in [1.82, 2.24) is 19.4 Å². The zero-order valence-electron chi connectivity index (χ0n) is 15.7. The van der Waals surface area contributed by atoms with Gasteiger partial charge in [-0.25, -0.2) is 9.97 Å². The molecule has 6 heteroatoms. The molecule has 3 heterocycles. The van der Waals surface area contributed by atoms with Crippen LogP contribution in [0.4, 0.5) is 0 Å². The zero-order valence-corrected chi connectivity index (χ0v) is 15.7. The first-order chi connectivity index (χ1) is 11.8. The summed E-state index contributed by atoms with van der Waals surface area (Å²) in [6.07, 6.45) is 5.63. The molecule has 2 aromatic rings. The van der Waals surface area contributed by atoms with Crippen molar-refractivity contribution in [1.29, 1.82) is 0 Å². The van der Waals surface area contributed by atoms with Crippen LogP contribution >= 0.6 is 0 Å². The van der Waals surface area contributed by atoms with E-state index in [1.807, 2.05) is 6.92 Å². The molecular formula is C19H28N4O2. The normalized spacial score (nSPS) is 17.1. The van der Waals surface area contributed by atoms with Crippen molar-refractivity contribution in [3.05, 3.63) is 46.3 Å². The Balaban J connectivity index is 1.54. The molecule has 2 aromatic heterocycles. The predicted molar refractivity (Wildman–Crippen MR) is 96.4 cm³/mol. The molecule has 6 nitrogen and oxygen atoms in total. The maximum Gasteiger partial charge on any atom is 0.253 e. The van der Waals surface area contributed by atoms with Gasteiger partial charge in [0.15, 0.2) is 0 Å². The van der Waals surface area contributed by atoms with Gasteiger partial charge in [-0.2, -0.15) is 0 Å². The van der Waals surface area contributed by atoms with Crippen LogP contribution in [-0.4, -0.2) is 32.5 Å². The number of aryl methyl sites for hydroxylation is 1. The molecule has 0 saturated carbocycles. The van der Waals surface area contributed by atoms with E-state index in [9.17, 15) is 4.79 Å². The van der Waals surface area contributed by atoms with E-state index in [4.69, 9.17) is 4.42 Å². The number of piperidine rings is 1. The van der Waals surface area contributed by atoms with Gasteiger partial charge in [0.05, 0.1) is 24.8 Å². The fraction of sp³-hybridized carbons (Fsp3) is 0.632. The molecule has 1 saturated heterocycles. The number of aromatic nitrogens is 3. The van der Waals surface area contributed by atoms with Crippen molar-refractivity contribution < 1.29 is 4.42 Å². The summed E-state index contributed by atoms with van der Waals surface area (Å²) in [4.78, 5) is 23.5. The van der Waals surface area contributed by atoms with Gasteiger partial charge < -0.3 is 4.42 Å². The number of rotatable bonds is 4. The second kappa shape index (κ2) is 7.12. The lowest BCUT2D eigenvalue weighted by Crippen LogP contribution is -2.36. The van der Waals surface area contributed by atoms with E-state index in [1.165, 1.54) is 0 Å². The van der Waals surface area contributed by atoms with Crippen LogP contribution in [-0.2, 0) is 18.5 Å². The summed E-state index contributed by atoms with van der Waals surface area (Å²) in [5, 5.41) is 0. The van der Waals surface area contributed by atoms with Gasteiger partial charge in [-0.05, 0) is 38.8 Å². The molecule has 0 N–H and O–H groups in total. The molecular weight excluding hydrogens is 316 g/mol. The zero-order chi connectivity index (χ0) is 18.0. The molecule has 3 rings (SSSR count). The van der Waals surface area contributed by atoms with Crippen LogP contribution in [0.2, 0.25) is 0 Å². The Bertz CT molecular complexity index is 764. The molecule has 136 valence electrons. The van der Waals surface area contributed by atoms with Crippen LogP contribution in [0.25, 0.3) is 0 Å². The van der Waals surface area contributed by atoms with Crippen LogP contribution in [0.15, 0.2) is 27.8 Å². The summed E-state index contributed by atoms with van der Waals surface area (Å²) in [5.41, 5.74) is 0.810. The summed E-state index contributed by atoms with van der Waals surface area (Å²) in [7, 11) is 0. The lowest BCUT2D eigenvalue weighted by atomic mass is 9.92.